The van der Waals surface area contributed by atoms with Gasteiger partial charge in [-0.05, 0) is 33.6 Å². The molecule has 0 bridgehead atoms. The lowest BCUT2D eigenvalue weighted by Crippen LogP contribution is -2.22. The molecule has 0 aliphatic carbocycles. The van der Waals surface area contributed by atoms with Gasteiger partial charge in [-0.3, -0.25) is 4.90 Å². The summed E-state index contributed by atoms with van der Waals surface area (Å²) in [4.78, 5) is 1.94. The van der Waals surface area contributed by atoms with Gasteiger partial charge in [0, 0.05) is 19.6 Å². The number of β-amino-alcohol motifs (C(OH)–C–C–N with tert-alkyl or cyclic N) is 2. The van der Waals surface area contributed by atoms with Crippen LogP contribution in [0.3, 0.4) is 0 Å². The van der Waals surface area contributed by atoms with Gasteiger partial charge in [0.2, 0.25) is 0 Å². The highest BCUT2D eigenvalue weighted by atomic mass is 79.9. The lowest BCUT2D eigenvalue weighted by atomic mass is 10.2. The molecule has 1 aromatic carbocycles. The first kappa shape index (κ1) is 12.0. The van der Waals surface area contributed by atoms with E-state index in [0.29, 0.717) is 24.1 Å². The summed E-state index contributed by atoms with van der Waals surface area (Å²) in [5.74, 6) is -0.287. The summed E-state index contributed by atoms with van der Waals surface area (Å²) in [5.41, 5.74) is 0.953. The minimum atomic E-state index is -0.677. The average molecular weight is 290 g/mol. The van der Waals surface area contributed by atoms with Gasteiger partial charge in [-0.25, -0.2) is 4.39 Å². The molecule has 2 atom stereocenters. The highest BCUT2D eigenvalue weighted by Gasteiger charge is 2.29. The number of benzene rings is 1. The topological polar surface area (TPSA) is 43.7 Å². The molecule has 1 aliphatic heterocycles. The number of aliphatic hydroxyl groups excluding tert-OH is 2. The minimum Gasteiger partial charge on any atom is -0.389 e. The van der Waals surface area contributed by atoms with E-state index in [0.717, 1.165) is 5.56 Å². The Morgan fingerprint density at radius 2 is 1.94 bits per heavy atom. The molecule has 1 saturated heterocycles. The Balaban J connectivity index is 2.02. The Kier molecular flexibility index (Phi) is 3.59. The van der Waals surface area contributed by atoms with E-state index in [9.17, 15) is 14.6 Å². The lowest BCUT2D eigenvalue weighted by Gasteiger charge is -2.14. The van der Waals surface area contributed by atoms with Crippen molar-refractivity contribution in [1.29, 1.82) is 0 Å². The van der Waals surface area contributed by atoms with Crippen molar-refractivity contribution in [3.05, 3.63) is 34.1 Å². The zero-order valence-corrected chi connectivity index (χ0v) is 10.2. The largest absolute Gasteiger partial charge is 0.389 e. The Bertz CT molecular complexity index is 378. The molecule has 1 aromatic rings. The number of hydrogen-bond donors (Lipinski definition) is 2. The van der Waals surface area contributed by atoms with E-state index >= 15 is 0 Å². The maximum absolute atomic E-state index is 13.0. The fourth-order valence-corrected chi connectivity index (χ4v) is 2.30. The Hall–Kier alpha value is -0.490. The van der Waals surface area contributed by atoms with E-state index in [1.807, 2.05) is 4.90 Å². The molecule has 1 fully saturated rings. The quantitative estimate of drug-likeness (QED) is 0.858. The minimum absolute atomic E-state index is 0.287. The van der Waals surface area contributed by atoms with Gasteiger partial charge >= 0.3 is 0 Å². The molecule has 3 nitrogen and oxygen atoms in total. The van der Waals surface area contributed by atoms with Crippen LogP contribution in [0.15, 0.2) is 22.7 Å². The van der Waals surface area contributed by atoms with Crippen LogP contribution in [-0.2, 0) is 6.54 Å². The monoisotopic (exact) mass is 289 g/mol. The molecule has 1 aliphatic rings. The summed E-state index contributed by atoms with van der Waals surface area (Å²) in [5, 5.41) is 18.8. The Morgan fingerprint density at radius 3 is 2.50 bits per heavy atom. The molecular weight excluding hydrogens is 277 g/mol. The fraction of sp³-hybridized carbons (Fsp3) is 0.455. The van der Waals surface area contributed by atoms with Gasteiger partial charge in [-0.2, -0.15) is 0 Å². The first-order valence-corrected chi connectivity index (χ1v) is 5.88. The van der Waals surface area contributed by atoms with E-state index in [1.165, 1.54) is 6.07 Å². The molecule has 0 radical (unpaired) electrons. The van der Waals surface area contributed by atoms with E-state index in [2.05, 4.69) is 15.9 Å². The molecule has 16 heavy (non-hydrogen) atoms. The second-order valence-corrected chi connectivity index (χ2v) is 4.93. The highest BCUT2D eigenvalue weighted by Crippen LogP contribution is 2.19. The summed E-state index contributed by atoms with van der Waals surface area (Å²) in [6.45, 7) is 1.51. The zero-order chi connectivity index (χ0) is 11.7. The van der Waals surface area contributed by atoms with Crippen LogP contribution >= 0.6 is 15.9 Å². The van der Waals surface area contributed by atoms with Gasteiger partial charge in [0.1, 0.15) is 5.82 Å². The normalized spacial score (nSPS) is 26.2. The Labute approximate surface area is 102 Å². The molecule has 2 unspecified atom stereocenters. The van der Waals surface area contributed by atoms with E-state index in [4.69, 9.17) is 0 Å². The molecule has 0 aromatic heterocycles. The summed E-state index contributed by atoms with van der Waals surface area (Å²) in [7, 11) is 0. The molecule has 2 rings (SSSR count). The number of aliphatic hydroxyl groups is 2. The van der Waals surface area contributed by atoms with Crippen molar-refractivity contribution >= 4 is 15.9 Å². The molecule has 0 spiro atoms. The smallest absolute Gasteiger partial charge is 0.137 e. The fourth-order valence-electron chi connectivity index (χ4n) is 1.87. The van der Waals surface area contributed by atoms with Crippen molar-refractivity contribution in [3.8, 4) is 0 Å². The predicted octanol–water partition coefficient (Wildman–Crippen LogP) is 1.13. The van der Waals surface area contributed by atoms with Gasteiger partial charge in [0.15, 0.2) is 0 Å². The summed E-state index contributed by atoms with van der Waals surface area (Å²) >= 11 is 3.13. The molecule has 2 N–H and O–H groups in total. The van der Waals surface area contributed by atoms with Crippen LogP contribution in [0, 0.1) is 5.82 Å². The van der Waals surface area contributed by atoms with Gasteiger partial charge < -0.3 is 10.2 Å². The Morgan fingerprint density at radius 1 is 1.31 bits per heavy atom. The number of rotatable bonds is 2. The van der Waals surface area contributed by atoms with Crippen LogP contribution in [0.1, 0.15) is 5.56 Å². The second kappa shape index (κ2) is 4.79. The van der Waals surface area contributed by atoms with Crippen molar-refractivity contribution < 1.29 is 14.6 Å². The third-order valence-electron chi connectivity index (χ3n) is 2.72. The SMILES string of the molecule is OC1CN(Cc2ccc(F)c(Br)c2)CC1O. The molecule has 5 heteroatoms. The number of nitrogens with zero attached hydrogens (tertiary/aromatic N) is 1. The van der Waals surface area contributed by atoms with Crippen LogP contribution in [0.25, 0.3) is 0 Å². The van der Waals surface area contributed by atoms with Crippen molar-refractivity contribution in [2.75, 3.05) is 13.1 Å². The zero-order valence-electron chi connectivity index (χ0n) is 8.61. The van der Waals surface area contributed by atoms with Crippen molar-refractivity contribution in [2.45, 2.75) is 18.8 Å². The number of halogens is 2. The third-order valence-corrected chi connectivity index (χ3v) is 3.33. The molecule has 1 heterocycles. The number of hydrogen-bond acceptors (Lipinski definition) is 3. The first-order chi connectivity index (χ1) is 7.56. The second-order valence-electron chi connectivity index (χ2n) is 4.08. The molecule has 0 amide bonds. The number of likely N-dealkylation sites (tertiary alicyclic amines) is 1. The van der Waals surface area contributed by atoms with Crippen LogP contribution in [0.2, 0.25) is 0 Å². The van der Waals surface area contributed by atoms with Crippen molar-refractivity contribution in [1.82, 2.24) is 4.90 Å². The molecule has 0 saturated carbocycles. The van der Waals surface area contributed by atoms with Crippen LogP contribution in [0.5, 0.6) is 0 Å². The van der Waals surface area contributed by atoms with Gasteiger partial charge in [-0.15, -0.1) is 0 Å². The highest BCUT2D eigenvalue weighted by molar-refractivity contribution is 9.10. The maximum Gasteiger partial charge on any atom is 0.137 e. The lowest BCUT2D eigenvalue weighted by molar-refractivity contribution is 0.0572. The average Bonchev–Trinajstić information content (AvgIpc) is 2.52. The van der Waals surface area contributed by atoms with Crippen molar-refractivity contribution in [3.63, 3.8) is 0 Å². The van der Waals surface area contributed by atoms with Gasteiger partial charge in [0.25, 0.3) is 0 Å². The van der Waals surface area contributed by atoms with Crippen molar-refractivity contribution in [2.24, 2.45) is 0 Å². The van der Waals surface area contributed by atoms with Crippen LogP contribution in [0.4, 0.5) is 4.39 Å². The predicted molar refractivity (Wildman–Crippen MR) is 61.4 cm³/mol. The summed E-state index contributed by atoms with van der Waals surface area (Å²) in [6, 6.07) is 4.83. The first-order valence-electron chi connectivity index (χ1n) is 5.08. The summed E-state index contributed by atoms with van der Waals surface area (Å²) in [6.07, 6.45) is -1.35. The van der Waals surface area contributed by atoms with Crippen LogP contribution in [-0.4, -0.2) is 40.4 Å². The standard InChI is InChI=1S/C11H13BrFNO2/c12-8-3-7(1-2-9(8)13)4-14-5-10(15)11(16)6-14/h1-3,10-11,15-16H,4-6H2. The van der Waals surface area contributed by atoms with Gasteiger partial charge in [0.05, 0.1) is 16.7 Å². The third kappa shape index (κ3) is 2.60. The van der Waals surface area contributed by atoms with Crippen LogP contribution < -0.4 is 0 Å². The van der Waals surface area contributed by atoms with E-state index in [1.54, 1.807) is 12.1 Å². The van der Waals surface area contributed by atoms with Gasteiger partial charge in [-0.1, -0.05) is 6.07 Å². The molecule has 88 valence electrons. The summed E-state index contributed by atoms with van der Waals surface area (Å²) < 4.78 is 13.4. The molecular formula is C11H13BrFNO2. The van der Waals surface area contributed by atoms with E-state index < -0.39 is 12.2 Å². The maximum atomic E-state index is 13.0. The van der Waals surface area contributed by atoms with E-state index in [-0.39, 0.29) is 5.82 Å².